The molecule has 1 aromatic rings. The SMILES string of the molecule is O=C(O)CCCNC(=O)Nc1ccccc1N1CCCCC1. The Bertz CT molecular complexity index is 513. The molecular weight excluding hydrogens is 282 g/mol. The zero-order valence-corrected chi connectivity index (χ0v) is 12.7. The van der Waals surface area contributed by atoms with E-state index in [9.17, 15) is 9.59 Å². The van der Waals surface area contributed by atoms with Crippen molar-refractivity contribution in [1.82, 2.24) is 5.32 Å². The summed E-state index contributed by atoms with van der Waals surface area (Å²) in [6.07, 6.45) is 4.10. The first-order valence-electron chi connectivity index (χ1n) is 7.77. The third-order valence-electron chi connectivity index (χ3n) is 3.70. The molecule has 2 rings (SSSR count). The molecule has 3 N–H and O–H groups in total. The number of urea groups is 1. The highest BCUT2D eigenvalue weighted by atomic mass is 16.4. The molecule has 6 heteroatoms. The molecule has 0 saturated carbocycles. The van der Waals surface area contributed by atoms with Crippen LogP contribution >= 0.6 is 0 Å². The lowest BCUT2D eigenvalue weighted by Crippen LogP contribution is -2.33. The number of nitrogens with one attached hydrogen (secondary N) is 2. The minimum Gasteiger partial charge on any atom is -0.481 e. The van der Waals surface area contributed by atoms with E-state index in [2.05, 4.69) is 15.5 Å². The number of hydrogen-bond acceptors (Lipinski definition) is 3. The Morgan fingerprint density at radius 2 is 1.86 bits per heavy atom. The second-order valence-corrected chi connectivity index (χ2v) is 5.44. The zero-order valence-electron chi connectivity index (χ0n) is 12.7. The van der Waals surface area contributed by atoms with Crippen LogP contribution < -0.4 is 15.5 Å². The van der Waals surface area contributed by atoms with E-state index in [0.29, 0.717) is 13.0 Å². The van der Waals surface area contributed by atoms with E-state index >= 15 is 0 Å². The largest absolute Gasteiger partial charge is 0.481 e. The summed E-state index contributed by atoms with van der Waals surface area (Å²) in [5.41, 5.74) is 1.84. The van der Waals surface area contributed by atoms with Gasteiger partial charge in [0, 0.05) is 26.1 Å². The molecule has 1 heterocycles. The minimum absolute atomic E-state index is 0.0602. The molecule has 6 nitrogen and oxygen atoms in total. The number of aliphatic carboxylic acids is 1. The fourth-order valence-corrected chi connectivity index (χ4v) is 2.60. The third-order valence-corrected chi connectivity index (χ3v) is 3.70. The fourth-order valence-electron chi connectivity index (χ4n) is 2.60. The summed E-state index contributed by atoms with van der Waals surface area (Å²) in [5.74, 6) is -0.849. The molecule has 0 atom stereocenters. The molecule has 0 unspecified atom stereocenters. The van der Waals surface area contributed by atoms with Gasteiger partial charge in [0.25, 0.3) is 0 Å². The summed E-state index contributed by atoms with van der Waals surface area (Å²) in [6, 6.07) is 7.48. The first kappa shape index (κ1) is 16.1. The predicted molar refractivity (Wildman–Crippen MR) is 86.4 cm³/mol. The number of carboxylic acids is 1. The molecule has 0 radical (unpaired) electrons. The summed E-state index contributed by atoms with van der Waals surface area (Å²) in [5, 5.41) is 14.1. The molecule has 120 valence electrons. The lowest BCUT2D eigenvalue weighted by Gasteiger charge is -2.30. The molecule has 1 saturated heterocycles. The molecule has 0 aromatic heterocycles. The second kappa shape index (κ2) is 8.26. The van der Waals surface area contributed by atoms with Gasteiger partial charge in [0.15, 0.2) is 0 Å². The van der Waals surface area contributed by atoms with Crippen molar-refractivity contribution in [3.63, 3.8) is 0 Å². The number of nitrogens with zero attached hydrogens (tertiary/aromatic N) is 1. The Hall–Kier alpha value is -2.24. The fraction of sp³-hybridized carbons (Fsp3) is 0.500. The van der Waals surface area contributed by atoms with E-state index < -0.39 is 5.97 Å². The van der Waals surface area contributed by atoms with Gasteiger partial charge < -0.3 is 20.6 Å². The van der Waals surface area contributed by atoms with Crippen LogP contribution in [0, 0.1) is 0 Å². The lowest BCUT2D eigenvalue weighted by atomic mass is 10.1. The normalized spacial score (nSPS) is 14.5. The van der Waals surface area contributed by atoms with Crippen LogP contribution in [-0.4, -0.2) is 36.7 Å². The van der Waals surface area contributed by atoms with Crippen LogP contribution in [-0.2, 0) is 4.79 Å². The Balaban J connectivity index is 1.88. The number of carbonyl (C=O) groups is 2. The third kappa shape index (κ3) is 4.95. The maximum atomic E-state index is 11.9. The quantitative estimate of drug-likeness (QED) is 0.706. The Kier molecular flexibility index (Phi) is 6.06. The van der Waals surface area contributed by atoms with Crippen LogP contribution in [0.5, 0.6) is 0 Å². The highest BCUT2D eigenvalue weighted by Crippen LogP contribution is 2.28. The first-order chi connectivity index (χ1) is 10.7. The van der Waals surface area contributed by atoms with Crippen LogP contribution in [0.2, 0.25) is 0 Å². The number of carbonyl (C=O) groups excluding carboxylic acids is 1. The van der Waals surface area contributed by atoms with Crippen LogP contribution in [0.3, 0.4) is 0 Å². The number of para-hydroxylation sites is 2. The van der Waals surface area contributed by atoms with Gasteiger partial charge >= 0.3 is 12.0 Å². The number of piperidine rings is 1. The van der Waals surface area contributed by atoms with Gasteiger partial charge in [-0.1, -0.05) is 12.1 Å². The van der Waals surface area contributed by atoms with Crippen LogP contribution in [0.4, 0.5) is 16.2 Å². The van der Waals surface area contributed by atoms with Gasteiger partial charge in [-0.15, -0.1) is 0 Å². The molecule has 2 amide bonds. The Morgan fingerprint density at radius 1 is 1.14 bits per heavy atom. The summed E-state index contributed by atoms with van der Waals surface area (Å²) >= 11 is 0. The van der Waals surface area contributed by atoms with Crippen molar-refractivity contribution < 1.29 is 14.7 Å². The van der Waals surface area contributed by atoms with Gasteiger partial charge in [-0.2, -0.15) is 0 Å². The monoisotopic (exact) mass is 305 g/mol. The van der Waals surface area contributed by atoms with Crippen molar-refractivity contribution in [2.45, 2.75) is 32.1 Å². The van der Waals surface area contributed by atoms with Crippen LogP contribution in [0.15, 0.2) is 24.3 Å². The summed E-state index contributed by atoms with van der Waals surface area (Å²) in [7, 11) is 0. The minimum atomic E-state index is -0.849. The van der Waals surface area contributed by atoms with E-state index in [4.69, 9.17) is 5.11 Å². The molecule has 22 heavy (non-hydrogen) atoms. The van der Waals surface area contributed by atoms with Crippen molar-refractivity contribution in [3.8, 4) is 0 Å². The maximum absolute atomic E-state index is 11.9. The molecule has 0 aliphatic carbocycles. The molecule has 1 aliphatic rings. The standard InChI is InChI=1S/C16H23N3O3/c20-15(21)9-6-10-17-16(22)18-13-7-2-3-8-14(13)19-11-4-1-5-12-19/h2-3,7-8H,1,4-6,9-12H2,(H,20,21)(H2,17,18,22). The summed E-state index contributed by atoms with van der Waals surface area (Å²) < 4.78 is 0. The lowest BCUT2D eigenvalue weighted by molar-refractivity contribution is -0.137. The van der Waals surface area contributed by atoms with Gasteiger partial charge in [0.2, 0.25) is 0 Å². The topological polar surface area (TPSA) is 81.7 Å². The Morgan fingerprint density at radius 3 is 2.59 bits per heavy atom. The van der Waals surface area contributed by atoms with Gasteiger partial charge in [-0.25, -0.2) is 4.79 Å². The Labute approximate surface area is 130 Å². The van der Waals surface area contributed by atoms with Gasteiger partial charge in [0.05, 0.1) is 11.4 Å². The van der Waals surface area contributed by atoms with Gasteiger partial charge in [-0.05, 0) is 37.8 Å². The van der Waals surface area contributed by atoms with Crippen molar-refractivity contribution in [2.24, 2.45) is 0 Å². The molecule has 1 fully saturated rings. The number of hydrogen-bond donors (Lipinski definition) is 3. The van der Waals surface area contributed by atoms with Gasteiger partial charge in [-0.3, -0.25) is 4.79 Å². The number of amides is 2. The van der Waals surface area contributed by atoms with E-state index in [1.165, 1.54) is 19.3 Å². The molecule has 0 spiro atoms. The first-order valence-corrected chi connectivity index (χ1v) is 7.77. The van der Waals surface area contributed by atoms with E-state index in [1.807, 2.05) is 24.3 Å². The summed E-state index contributed by atoms with van der Waals surface area (Å²) in [6.45, 7) is 2.38. The zero-order chi connectivity index (χ0) is 15.8. The molecule has 0 bridgehead atoms. The van der Waals surface area contributed by atoms with E-state index in [0.717, 1.165) is 24.5 Å². The number of anilines is 2. The highest BCUT2D eigenvalue weighted by Gasteiger charge is 2.15. The van der Waals surface area contributed by atoms with Crippen LogP contribution in [0.1, 0.15) is 32.1 Å². The van der Waals surface area contributed by atoms with Crippen molar-refractivity contribution >= 4 is 23.4 Å². The average Bonchev–Trinajstić information content (AvgIpc) is 2.53. The number of carboxylic acid groups (broad SMARTS) is 1. The number of rotatable bonds is 6. The number of benzene rings is 1. The van der Waals surface area contributed by atoms with Crippen molar-refractivity contribution in [3.05, 3.63) is 24.3 Å². The van der Waals surface area contributed by atoms with Crippen molar-refractivity contribution in [2.75, 3.05) is 29.9 Å². The van der Waals surface area contributed by atoms with E-state index in [1.54, 1.807) is 0 Å². The summed E-state index contributed by atoms with van der Waals surface area (Å²) in [4.78, 5) is 24.6. The molecule has 1 aliphatic heterocycles. The smallest absolute Gasteiger partial charge is 0.319 e. The van der Waals surface area contributed by atoms with E-state index in [-0.39, 0.29) is 12.5 Å². The van der Waals surface area contributed by atoms with Gasteiger partial charge in [0.1, 0.15) is 0 Å². The maximum Gasteiger partial charge on any atom is 0.319 e. The molecular formula is C16H23N3O3. The second-order valence-electron chi connectivity index (χ2n) is 5.44. The average molecular weight is 305 g/mol. The van der Waals surface area contributed by atoms with Crippen molar-refractivity contribution in [1.29, 1.82) is 0 Å². The predicted octanol–water partition coefficient (Wildman–Crippen LogP) is 2.66. The molecule has 1 aromatic carbocycles. The highest BCUT2D eigenvalue weighted by molar-refractivity contribution is 5.93. The van der Waals surface area contributed by atoms with Crippen LogP contribution in [0.25, 0.3) is 0 Å².